The number of imide groups is 1. The van der Waals surface area contributed by atoms with Gasteiger partial charge in [-0.1, -0.05) is 44.2 Å². The van der Waals surface area contributed by atoms with E-state index in [1.807, 2.05) is 30.3 Å². The molecule has 3 amide bonds. The van der Waals surface area contributed by atoms with Crippen molar-refractivity contribution >= 4 is 11.9 Å². The molecule has 1 saturated heterocycles. The number of nitrogens with zero attached hydrogens (tertiary/aromatic N) is 1. The second-order valence-electron chi connectivity index (χ2n) is 5.44. The summed E-state index contributed by atoms with van der Waals surface area (Å²) in [4.78, 5) is 26.0. The molecule has 1 aromatic carbocycles. The average Bonchev–Trinajstić information content (AvgIpc) is 2.78. The van der Waals surface area contributed by atoms with Crippen LogP contribution in [0, 0.1) is 0 Å². The van der Waals surface area contributed by atoms with Gasteiger partial charge >= 0.3 is 6.03 Å². The summed E-state index contributed by atoms with van der Waals surface area (Å²) in [5.41, 5.74) is 0.351. The molecule has 1 aliphatic rings. The number of benzene rings is 1. The number of rotatable bonds is 7. The van der Waals surface area contributed by atoms with E-state index in [0.717, 1.165) is 19.5 Å². The second kappa shape index (κ2) is 6.72. The third-order valence-electron chi connectivity index (χ3n) is 4.09. The van der Waals surface area contributed by atoms with E-state index < -0.39 is 5.54 Å². The molecule has 5 nitrogen and oxygen atoms in total. The molecule has 21 heavy (non-hydrogen) atoms. The van der Waals surface area contributed by atoms with Crippen molar-refractivity contribution in [3.8, 4) is 0 Å². The fourth-order valence-corrected chi connectivity index (χ4v) is 2.73. The summed E-state index contributed by atoms with van der Waals surface area (Å²) in [5, 5.41) is 5.23. The maximum Gasteiger partial charge on any atom is 0.322 e. The molecule has 1 aliphatic heterocycles. The molecule has 1 heterocycles. The number of carbonyl (C=O) groups excluding carboxylic acids is 2. The van der Waals surface area contributed by atoms with Gasteiger partial charge in [0.25, 0.3) is 5.91 Å². The second-order valence-corrected chi connectivity index (χ2v) is 5.44. The van der Waals surface area contributed by atoms with Crippen molar-refractivity contribution in [2.45, 2.75) is 32.2 Å². The van der Waals surface area contributed by atoms with Crippen LogP contribution >= 0.6 is 0 Å². The fourth-order valence-electron chi connectivity index (χ4n) is 2.73. The zero-order valence-corrected chi connectivity index (χ0v) is 12.7. The largest absolute Gasteiger partial charge is 0.322 e. The van der Waals surface area contributed by atoms with E-state index in [1.54, 1.807) is 0 Å². The highest BCUT2D eigenvalue weighted by Gasteiger charge is 2.46. The predicted molar refractivity (Wildman–Crippen MR) is 82.0 cm³/mol. The lowest BCUT2D eigenvalue weighted by atomic mass is 9.90. The average molecular weight is 289 g/mol. The van der Waals surface area contributed by atoms with Gasteiger partial charge in [0.2, 0.25) is 0 Å². The number of likely N-dealkylation sites (N-methyl/N-ethyl adjacent to an activating group) is 1. The van der Waals surface area contributed by atoms with Crippen molar-refractivity contribution in [2.75, 3.05) is 19.6 Å². The lowest BCUT2D eigenvalue weighted by Crippen LogP contribution is -2.55. The summed E-state index contributed by atoms with van der Waals surface area (Å²) in [7, 11) is 0. The maximum atomic E-state index is 12.3. The minimum atomic E-state index is -0.820. The van der Waals surface area contributed by atoms with Gasteiger partial charge in [0.1, 0.15) is 5.54 Å². The monoisotopic (exact) mass is 289 g/mol. The molecule has 2 rings (SSSR count). The molecular weight excluding hydrogens is 266 g/mol. The van der Waals surface area contributed by atoms with E-state index in [4.69, 9.17) is 0 Å². The molecule has 2 N–H and O–H groups in total. The Morgan fingerprint density at radius 1 is 1.10 bits per heavy atom. The van der Waals surface area contributed by atoms with Gasteiger partial charge in [-0.3, -0.25) is 10.1 Å². The SMILES string of the molecule is CCN(CC)CC1(CCc2ccccc2)NC(=O)NC1=O. The van der Waals surface area contributed by atoms with Crippen molar-refractivity contribution in [2.24, 2.45) is 0 Å². The number of hydrogen-bond donors (Lipinski definition) is 2. The summed E-state index contributed by atoms with van der Waals surface area (Å²) in [5.74, 6) is -0.213. The molecule has 0 spiro atoms. The van der Waals surface area contributed by atoms with Gasteiger partial charge in [0, 0.05) is 6.54 Å². The van der Waals surface area contributed by atoms with Crippen LogP contribution in [0.1, 0.15) is 25.8 Å². The summed E-state index contributed by atoms with van der Waals surface area (Å²) < 4.78 is 0. The molecule has 114 valence electrons. The van der Waals surface area contributed by atoms with Gasteiger partial charge in [-0.2, -0.15) is 0 Å². The van der Waals surface area contributed by atoms with Crippen LogP contribution < -0.4 is 10.6 Å². The van der Waals surface area contributed by atoms with Crippen LogP contribution in [-0.2, 0) is 11.2 Å². The molecule has 0 aliphatic carbocycles. The Hall–Kier alpha value is -1.88. The number of aryl methyl sites for hydroxylation is 1. The first-order valence-corrected chi connectivity index (χ1v) is 7.49. The Bertz CT molecular complexity index is 500. The Kier molecular flexibility index (Phi) is 4.96. The van der Waals surface area contributed by atoms with E-state index in [9.17, 15) is 9.59 Å². The molecule has 0 saturated carbocycles. The van der Waals surface area contributed by atoms with E-state index in [2.05, 4.69) is 29.4 Å². The number of nitrogens with one attached hydrogen (secondary N) is 2. The number of hydrogen-bond acceptors (Lipinski definition) is 3. The third kappa shape index (κ3) is 3.61. The summed E-state index contributed by atoms with van der Waals surface area (Å²) in [6, 6.07) is 9.64. The summed E-state index contributed by atoms with van der Waals surface area (Å²) >= 11 is 0. The van der Waals surface area contributed by atoms with Crippen LogP contribution in [0.2, 0.25) is 0 Å². The Morgan fingerprint density at radius 2 is 1.76 bits per heavy atom. The lowest BCUT2D eigenvalue weighted by Gasteiger charge is -2.32. The predicted octanol–water partition coefficient (Wildman–Crippen LogP) is 1.54. The van der Waals surface area contributed by atoms with Crippen LogP contribution in [0.5, 0.6) is 0 Å². The number of carbonyl (C=O) groups is 2. The molecule has 0 radical (unpaired) electrons. The highest BCUT2D eigenvalue weighted by atomic mass is 16.2. The molecule has 1 fully saturated rings. The maximum absolute atomic E-state index is 12.3. The van der Waals surface area contributed by atoms with Gasteiger partial charge in [0.15, 0.2) is 0 Å². The molecule has 0 bridgehead atoms. The van der Waals surface area contributed by atoms with Gasteiger partial charge in [-0.05, 0) is 31.5 Å². The van der Waals surface area contributed by atoms with E-state index >= 15 is 0 Å². The van der Waals surface area contributed by atoms with Crippen LogP contribution in [0.3, 0.4) is 0 Å². The molecule has 1 unspecified atom stereocenters. The summed E-state index contributed by atoms with van der Waals surface area (Å²) in [6.45, 7) is 6.37. The zero-order valence-electron chi connectivity index (χ0n) is 12.7. The van der Waals surface area contributed by atoms with Crippen molar-refractivity contribution < 1.29 is 9.59 Å². The van der Waals surface area contributed by atoms with Gasteiger partial charge in [-0.25, -0.2) is 4.79 Å². The van der Waals surface area contributed by atoms with E-state index in [0.29, 0.717) is 13.0 Å². The Balaban J connectivity index is 2.12. The highest BCUT2D eigenvalue weighted by Crippen LogP contribution is 2.20. The van der Waals surface area contributed by atoms with Crippen molar-refractivity contribution in [1.82, 2.24) is 15.5 Å². The van der Waals surface area contributed by atoms with E-state index in [-0.39, 0.29) is 11.9 Å². The van der Waals surface area contributed by atoms with Crippen molar-refractivity contribution in [3.05, 3.63) is 35.9 Å². The normalized spacial score (nSPS) is 21.5. The topological polar surface area (TPSA) is 61.4 Å². The number of amides is 3. The molecule has 1 aromatic rings. The molecule has 5 heteroatoms. The molecule has 1 atom stereocenters. The minimum absolute atomic E-state index is 0.213. The Morgan fingerprint density at radius 3 is 2.29 bits per heavy atom. The first-order valence-electron chi connectivity index (χ1n) is 7.49. The zero-order chi connectivity index (χ0) is 15.3. The highest BCUT2D eigenvalue weighted by molar-refractivity contribution is 6.07. The van der Waals surface area contributed by atoms with Crippen LogP contribution in [0.4, 0.5) is 4.79 Å². The van der Waals surface area contributed by atoms with Crippen LogP contribution in [-0.4, -0.2) is 42.0 Å². The fraction of sp³-hybridized carbons (Fsp3) is 0.500. The smallest absolute Gasteiger partial charge is 0.322 e. The minimum Gasteiger partial charge on any atom is -0.322 e. The quantitative estimate of drug-likeness (QED) is 0.749. The van der Waals surface area contributed by atoms with Crippen LogP contribution in [0.25, 0.3) is 0 Å². The third-order valence-corrected chi connectivity index (χ3v) is 4.09. The molecule has 0 aromatic heterocycles. The number of urea groups is 1. The first kappa shape index (κ1) is 15.5. The summed E-state index contributed by atoms with van der Waals surface area (Å²) in [6.07, 6.45) is 1.36. The lowest BCUT2D eigenvalue weighted by molar-refractivity contribution is -0.124. The van der Waals surface area contributed by atoms with Crippen molar-refractivity contribution in [3.63, 3.8) is 0 Å². The van der Waals surface area contributed by atoms with E-state index in [1.165, 1.54) is 5.56 Å². The van der Waals surface area contributed by atoms with Crippen molar-refractivity contribution in [1.29, 1.82) is 0 Å². The Labute approximate surface area is 125 Å². The van der Waals surface area contributed by atoms with Gasteiger partial charge < -0.3 is 10.2 Å². The van der Waals surface area contributed by atoms with Gasteiger partial charge in [0.05, 0.1) is 0 Å². The standard InChI is InChI=1S/C16H23N3O2/c1-3-19(4-2)12-16(14(20)17-15(21)18-16)11-10-13-8-6-5-7-9-13/h5-9H,3-4,10-12H2,1-2H3,(H2,17,18,20,21). The molecular formula is C16H23N3O2. The first-order chi connectivity index (χ1) is 10.1. The van der Waals surface area contributed by atoms with Gasteiger partial charge in [-0.15, -0.1) is 0 Å². The van der Waals surface area contributed by atoms with Crippen LogP contribution in [0.15, 0.2) is 30.3 Å².